The Labute approximate surface area is 569 Å². The summed E-state index contributed by atoms with van der Waals surface area (Å²) in [6.45, 7) is 20.5. The molecular weight excluding hydrogens is 1200 g/mol. The van der Waals surface area contributed by atoms with Gasteiger partial charge in [-0.1, -0.05) is 55.4 Å². The maximum absolute atomic E-state index is 7.01. The Bertz CT molecular complexity index is 3030. The van der Waals surface area contributed by atoms with Crippen molar-refractivity contribution in [3.05, 3.63) is 186 Å². The molecule has 0 aliphatic heterocycles. The second-order valence-electron chi connectivity index (χ2n) is 25.5. The largest absolute Gasteiger partial charge is 0.493 e. The monoisotopic (exact) mass is 1300 g/mol. The van der Waals surface area contributed by atoms with E-state index in [2.05, 4.69) is 55.4 Å². The first-order chi connectivity index (χ1) is 46.5. The lowest BCUT2D eigenvalue weighted by Crippen LogP contribution is -2.11. The number of benzene rings is 8. The number of nitrogen functional groups attached to an aromatic ring is 8. The number of nitrogens with two attached hydrogens (primary N) is 8. The molecule has 512 valence electrons. The lowest BCUT2D eigenvalue weighted by Gasteiger charge is -2.24. The van der Waals surface area contributed by atoms with Gasteiger partial charge in [-0.25, -0.2) is 0 Å². The summed E-state index contributed by atoms with van der Waals surface area (Å²) in [5.74, 6) is 5.78. The molecule has 0 amide bonds. The van der Waals surface area contributed by atoms with E-state index in [1.165, 1.54) is 0 Å². The molecule has 0 radical (unpaired) electrons. The van der Waals surface area contributed by atoms with E-state index < -0.39 is 0 Å². The summed E-state index contributed by atoms with van der Waals surface area (Å²) in [5, 5.41) is 0. The lowest BCUT2D eigenvalue weighted by molar-refractivity contribution is 0.305. The third-order valence-corrected chi connectivity index (χ3v) is 16.8. The van der Waals surface area contributed by atoms with Crippen molar-refractivity contribution < 1.29 is 37.9 Å². The van der Waals surface area contributed by atoms with Crippen LogP contribution in [-0.2, 0) is 51.4 Å². The maximum Gasteiger partial charge on any atom is 0.126 e. The number of ether oxygens (including phenoxy) is 8. The number of rotatable bonds is 24. The van der Waals surface area contributed by atoms with Gasteiger partial charge in [-0.2, -0.15) is 0 Å². The van der Waals surface area contributed by atoms with Crippen LogP contribution in [0.25, 0.3) is 0 Å². The van der Waals surface area contributed by atoms with Crippen LogP contribution in [0.4, 0.5) is 45.5 Å². The Morgan fingerprint density at radius 1 is 0.177 bits per heavy atom. The molecule has 16 N–H and O–H groups in total. The molecule has 0 saturated heterocycles. The molecule has 0 heterocycles. The molecular formula is C80H104N8O8. The molecule has 16 heteroatoms. The van der Waals surface area contributed by atoms with E-state index in [-0.39, 0.29) is 0 Å². The fourth-order valence-corrected chi connectivity index (χ4v) is 13.1. The average molecular weight is 1310 g/mol. The van der Waals surface area contributed by atoms with Crippen LogP contribution < -0.4 is 83.8 Å². The summed E-state index contributed by atoms with van der Waals surface area (Å²) in [6, 6.07) is 32.0. The van der Waals surface area contributed by atoms with Gasteiger partial charge in [0, 0.05) is 186 Å². The van der Waals surface area contributed by atoms with E-state index in [9.17, 15) is 0 Å². The molecule has 8 aromatic rings. The highest BCUT2D eigenvalue weighted by atomic mass is 16.5. The third-order valence-electron chi connectivity index (χ3n) is 16.8. The third kappa shape index (κ3) is 17.7. The van der Waals surface area contributed by atoms with Crippen molar-refractivity contribution in [3.8, 4) is 46.0 Å². The molecule has 0 spiro atoms. The molecule has 1 aliphatic rings. The fourth-order valence-electron chi connectivity index (χ4n) is 13.1. The van der Waals surface area contributed by atoms with E-state index >= 15 is 0 Å². The molecule has 8 aromatic carbocycles. The summed E-state index contributed by atoms with van der Waals surface area (Å²) >= 11 is 0. The summed E-state index contributed by atoms with van der Waals surface area (Å²) in [5.41, 5.74) is 74.8. The molecule has 16 nitrogen and oxygen atoms in total. The van der Waals surface area contributed by atoms with Crippen molar-refractivity contribution in [1.29, 1.82) is 0 Å². The number of hydrogen-bond acceptors (Lipinski definition) is 16. The Balaban J connectivity index is 1.32. The Morgan fingerprint density at radius 3 is 0.333 bits per heavy atom. The van der Waals surface area contributed by atoms with Crippen LogP contribution in [0.3, 0.4) is 0 Å². The zero-order valence-corrected chi connectivity index (χ0v) is 58.1. The van der Waals surface area contributed by atoms with Gasteiger partial charge < -0.3 is 83.8 Å². The first-order valence-electron chi connectivity index (χ1n) is 34.8. The van der Waals surface area contributed by atoms with Crippen LogP contribution in [0.5, 0.6) is 46.0 Å². The second-order valence-corrected chi connectivity index (χ2v) is 25.5. The predicted molar refractivity (Wildman–Crippen MR) is 396 cm³/mol. The quantitative estimate of drug-likeness (QED) is 0.0261. The smallest absolute Gasteiger partial charge is 0.126 e. The van der Waals surface area contributed by atoms with E-state index in [1.807, 2.05) is 97.1 Å². The van der Waals surface area contributed by atoms with Gasteiger partial charge in [0.1, 0.15) is 46.0 Å². The molecule has 0 fully saturated rings. The average Bonchev–Trinajstić information content (AvgIpc) is 0.819. The number of anilines is 8. The van der Waals surface area contributed by atoms with Crippen molar-refractivity contribution in [2.24, 2.45) is 0 Å². The van der Waals surface area contributed by atoms with E-state index in [0.29, 0.717) is 150 Å². The summed E-state index contributed by atoms with van der Waals surface area (Å²) in [6.07, 6.45) is 9.30. The molecule has 0 unspecified atom stereocenters. The number of fused-ring (bicyclic) bond motifs is 16. The summed E-state index contributed by atoms with van der Waals surface area (Å²) in [4.78, 5) is 0. The van der Waals surface area contributed by atoms with Gasteiger partial charge >= 0.3 is 0 Å². The van der Waals surface area contributed by atoms with E-state index in [1.54, 1.807) is 0 Å². The van der Waals surface area contributed by atoms with Crippen LogP contribution in [0, 0.1) is 0 Å². The van der Waals surface area contributed by atoms with Gasteiger partial charge in [-0.05, 0) is 148 Å². The van der Waals surface area contributed by atoms with Crippen LogP contribution in [-0.4, -0.2) is 52.9 Å². The normalized spacial score (nSPS) is 12.4. The highest BCUT2D eigenvalue weighted by Gasteiger charge is 2.27. The zero-order chi connectivity index (χ0) is 68.4. The van der Waals surface area contributed by atoms with Crippen LogP contribution in [0.2, 0.25) is 0 Å². The van der Waals surface area contributed by atoms with Crippen molar-refractivity contribution in [2.45, 2.75) is 158 Å². The van der Waals surface area contributed by atoms with Crippen molar-refractivity contribution in [1.82, 2.24) is 0 Å². The Kier molecular flexibility index (Phi) is 24.9. The molecule has 9 rings (SSSR count). The van der Waals surface area contributed by atoms with Gasteiger partial charge in [0.15, 0.2) is 0 Å². The molecule has 96 heavy (non-hydrogen) atoms. The first-order valence-corrected chi connectivity index (χ1v) is 34.8. The number of hydrogen-bond donors (Lipinski definition) is 8. The molecule has 1 aliphatic carbocycles. The molecule has 0 atom stereocenters. The molecule has 0 aromatic heterocycles. The zero-order valence-electron chi connectivity index (χ0n) is 58.1. The molecule has 0 saturated carbocycles. The van der Waals surface area contributed by atoms with Gasteiger partial charge in [0.05, 0.1) is 52.9 Å². The first kappa shape index (κ1) is 70.9. The topological polar surface area (TPSA) is 282 Å². The molecule has 16 bridgehead atoms. The summed E-state index contributed by atoms with van der Waals surface area (Å²) in [7, 11) is 0. The maximum atomic E-state index is 7.01. The van der Waals surface area contributed by atoms with E-state index in [4.69, 9.17) is 83.8 Å². The Morgan fingerprint density at radius 2 is 0.260 bits per heavy atom. The van der Waals surface area contributed by atoms with Gasteiger partial charge in [0.25, 0.3) is 0 Å². The van der Waals surface area contributed by atoms with Crippen LogP contribution in [0.1, 0.15) is 196 Å². The Hall–Kier alpha value is -9.44. The van der Waals surface area contributed by atoms with Crippen molar-refractivity contribution in [2.75, 3.05) is 98.7 Å². The van der Waals surface area contributed by atoms with Gasteiger partial charge in [0.2, 0.25) is 0 Å². The minimum atomic E-state index is 0.389. The van der Waals surface area contributed by atoms with Crippen molar-refractivity contribution >= 4 is 45.5 Å². The summed E-state index contributed by atoms with van der Waals surface area (Å²) < 4.78 is 55.0. The standard InChI is InChI=1S/C80H104N8O8/c1-9-17-89-73-49-25-51-35-66(82)37-53(74(51)90-18-10-2)27-55-39-68(84)41-57(76(55)92-20-12-4)29-59-43-70(86)45-61(78(59)94-22-14-6)31-63-47-72(88)48-64(80(63)96-24-16-8)32-62-46-71(87)44-60(79(62)95-23-15-7)30-58-42-69(85)40-56(77(58)93-21-13-5)28-54-38-67(83)36-52(75(54)91-19-11-3)26-50(73)34-65(81)33-49/h33-48H,9-32,81-88H2,1-8H3. The predicted octanol–water partition coefficient (Wildman–Crippen LogP) is 15.7. The van der Waals surface area contributed by atoms with E-state index in [0.717, 1.165) is 186 Å². The van der Waals surface area contributed by atoms with Gasteiger partial charge in [-0.15, -0.1) is 0 Å². The highest BCUT2D eigenvalue weighted by Crippen LogP contribution is 2.45. The minimum absolute atomic E-state index is 0.389. The van der Waals surface area contributed by atoms with Crippen molar-refractivity contribution in [3.63, 3.8) is 0 Å². The second kappa shape index (κ2) is 33.8. The minimum Gasteiger partial charge on any atom is -0.493 e. The fraction of sp³-hybridized carbons (Fsp3) is 0.400. The van der Waals surface area contributed by atoms with Crippen LogP contribution in [0.15, 0.2) is 97.1 Å². The van der Waals surface area contributed by atoms with Crippen LogP contribution >= 0.6 is 0 Å². The van der Waals surface area contributed by atoms with Gasteiger partial charge in [-0.3, -0.25) is 0 Å². The highest BCUT2D eigenvalue weighted by molar-refractivity contribution is 5.68. The lowest BCUT2D eigenvalue weighted by atomic mass is 9.90. The SMILES string of the molecule is CCCOc1c2cc(N)cc1Cc1cc(N)cc(c1OCCC)Cc1cc(N)cc(c1OCCC)Cc1cc(N)cc(c1OCCC)Cc1cc(N)cc(c1OCCC)Cc1cc(N)cc(c1OCCC)Cc1cc(N)cc(c1OCCC)Cc1cc(N)cc(c1OCCC)C2.